The smallest absolute Gasteiger partial charge is 0.324 e. The van der Waals surface area contributed by atoms with Gasteiger partial charge in [0, 0.05) is 23.2 Å². The van der Waals surface area contributed by atoms with E-state index in [1.165, 1.54) is 0 Å². The maximum atomic E-state index is 12.1. The molecule has 3 aromatic rings. The molecule has 7 heteroatoms. The molecule has 0 saturated heterocycles. The molecule has 2 N–H and O–H groups in total. The number of nitrogens with one attached hydrogen (secondary N) is 2. The van der Waals surface area contributed by atoms with Crippen LogP contribution in [0.25, 0.3) is 10.9 Å². The van der Waals surface area contributed by atoms with Gasteiger partial charge >= 0.3 is 6.03 Å². The first-order valence-electron chi connectivity index (χ1n) is 7.45. The van der Waals surface area contributed by atoms with Gasteiger partial charge in [-0.15, -0.1) is 0 Å². The number of halogens is 1. The number of aromatic nitrogens is 1. The first-order valence-corrected chi connectivity index (χ1v) is 7.83. The monoisotopic (exact) mass is 357 g/mol. The summed E-state index contributed by atoms with van der Waals surface area (Å²) in [6, 6.07) is 13.6. The van der Waals surface area contributed by atoms with Gasteiger partial charge in [0.05, 0.1) is 24.8 Å². The van der Waals surface area contributed by atoms with Crippen LogP contribution >= 0.6 is 11.6 Å². The number of nitrogens with zero attached hydrogens (tertiary/aromatic N) is 1. The van der Waals surface area contributed by atoms with Crippen LogP contribution in [0.4, 0.5) is 16.3 Å². The van der Waals surface area contributed by atoms with Crippen molar-refractivity contribution in [2.45, 2.75) is 0 Å². The molecule has 3 rings (SSSR count). The molecule has 128 valence electrons. The second-order valence-corrected chi connectivity index (χ2v) is 5.59. The summed E-state index contributed by atoms with van der Waals surface area (Å²) in [5, 5.41) is 6.66. The molecule has 1 heterocycles. The van der Waals surface area contributed by atoms with E-state index in [0.717, 1.165) is 5.39 Å². The maximum Gasteiger partial charge on any atom is 0.324 e. The molecule has 0 fully saturated rings. The van der Waals surface area contributed by atoms with E-state index in [9.17, 15) is 4.79 Å². The average molecular weight is 358 g/mol. The summed E-state index contributed by atoms with van der Waals surface area (Å²) in [7, 11) is 3.16. The molecular formula is C18H16ClN3O3. The van der Waals surface area contributed by atoms with E-state index >= 15 is 0 Å². The van der Waals surface area contributed by atoms with Crippen molar-refractivity contribution < 1.29 is 14.3 Å². The number of hydrogen-bond acceptors (Lipinski definition) is 4. The van der Waals surface area contributed by atoms with Crippen LogP contribution in [-0.4, -0.2) is 25.2 Å². The van der Waals surface area contributed by atoms with Crippen molar-refractivity contribution in [1.29, 1.82) is 0 Å². The number of fused-ring (bicyclic) bond motifs is 1. The van der Waals surface area contributed by atoms with Crippen LogP contribution in [0, 0.1) is 0 Å². The lowest BCUT2D eigenvalue weighted by molar-refractivity contribution is 0.262. The molecule has 0 aliphatic heterocycles. The van der Waals surface area contributed by atoms with Gasteiger partial charge in [-0.25, -0.2) is 9.78 Å². The highest BCUT2D eigenvalue weighted by Crippen LogP contribution is 2.28. The summed E-state index contributed by atoms with van der Waals surface area (Å²) in [4.78, 5) is 16.5. The van der Waals surface area contributed by atoms with E-state index in [0.29, 0.717) is 33.5 Å². The molecule has 0 atom stereocenters. The van der Waals surface area contributed by atoms with E-state index in [4.69, 9.17) is 21.1 Å². The molecule has 0 saturated carbocycles. The van der Waals surface area contributed by atoms with Gasteiger partial charge in [0.25, 0.3) is 0 Å². The minimum atomic E-state index is -0.420. The summed E-state index contributed by atoms with van der Waals surface area (Å²) < 4.78 is 10.3. The number of hydrogen-bond donors (Lipinski definition) is 2. The third-order valence-electron chi connectivity index (χ3n) is 3.56. The van der Waals surface area contributed by atoms with Crippen molar-refractivity contribution in [3.8, 4) is 11.5 Å². The Hall–Kier alpha value is -2.99. The van der Waals surface area contributed by atoms with Crippen LogP contribution in [0.1, 0.15) is 0 Å². The van der Waals surface area contributed by atoms with Crippen LogP contribution in [0.2, 0.25) is 5.02 Å². The van der Waals surface area contributed by atoms with Crippen LogP contribution in [0.15, 0.2) is 48.5 Å². The van der Waals surface area contributed by atoms with Gasteiger partial charge in [-0.1, -0.05) is 11.6 Å². The molecule has 0 aliphatic rings. The molecule has 0 radical (unpaired) electrons. The Kier molecular flexibility index (Phi) is 4.90. The van der Waals surface area contributed by atoms with Gasteiger partial charge in [-0.05, 0) is 36.4 Å². The largest absolute Gasteiger partial charge is 0.497 e. The fraction of sp³-hybridized carbons (Fsp3) is 0.111. The van der Waals surface area contributed by atoms with Crippen molar-refractivity contribution in [3.63, 3.8) is 0 Å². The first kappa shape index (κ1) is 16.9. The summed E-state index contributed by atoms with van der Waals surface area (Å²) in [5.74, 6) is 1.72. The molecule has 0 aliphatic carbocycles. The number of benzene rings is 2. The Bertz CT molecular complexity index is 913. The number of ether oxygens (including phenoxy) is 2. The predicted molar refractivity (Wildman–Crippen MR) is 98.9 cm³/mol. The molecule has 25 heavy (non-hydrogen) atoms. The lowest BCUT2D eigenvalue weighted by atomic mass is 10.2. The summed E-state index contributed by atoms with van der Waals surface area (Å²) >= 11 is 6.27. The number of pyridine rings is 1. The zero-order valence-electron chi connectivity index (χ0n) is 13.7. The lowest BCUT2D eigenvalue weighted by Crippen LogP contribution is -2.20. The van der Waals surface area contributed by atoms with Gasteiger partial charge in [-0.2, -0.15) is 0 Å². The molecular weight excluding hydrogens is 342 g/mol. The van der Waals surface area contributed by atoms with Gasteiger partial charge in [0.15, 0.2) is 0 Å². The van der Waals surface area contributed by atoms with Crippen molar-refractivity contribution in [3.05, 3.63) is 53.6 Å². The van der Waals surface area contributed by atoms with E-state index in [1.807, 2.05) is 6.07 Å². The number of anilines is 2. The fourth-order valence-electron chi connectivity index (χ4n) is 2.31. The molecule has 0 spiro atoms. The maximum absolute atomic E-state index is 12.1. The molecule has 1 aromatic heterocycles. The number of amides is 2. The number of carbonyl (C=O) groups excluding carboxylic acids is 1. The van der Waals surface area contributed by atoms with E-state index in [1.54, 1.807) is 56.7 Å². The zero-order valence-corrected chi connectivity index (χ0v) is 14.4. The summed E-state index contributed by atoms with van der Waals surface area (Å²) in [5.41, 5.74) is 1.26. The Labute approximate surface area is 149 Å². The molecule has 6 nitrogen and oxygen atoms in total. The minimum absolute atomic E-state index is 0.344. The topological polar surface area (TPSA) is 72.5 Å². The fourth-order valence-corrected chi connectivity index (χ4v) is 2.57. The third-order valence-corrected chi connectivity index (χ3v) is 3.87. The van der Waals surface area contributed by atoms with Crippen molar-refractivity contribution in [1.82, 2.24) is 4.98 Å². The van der Waals surface area contributed by atoms with Crippen LogP contribution < -0.4 is 20.1 Å². The first-order chi connectivity index (χ1) is 12.1. The van der Waals surface area contributed by atoms with Crippen molar-refractivity contribution >= 4 is 40.0 Å². The Balaban J connectivity index is 1.77. The van der Waals surface area contributed by atoms with Crippen molar-refractivity contribution in [2.24, 2.45) is 0 Å². The third kappa shape index (κ3) is 3.92. The van der Waals surface area contributed by atoms with Gasteiger partial charge in [-0.3, -0.25) is 5.32 Å². The zero-order chi connectivity index (χ0) is 17.8. The van der Waals surface area contributed by atoms with Crippen LogP contribution in [-0.2, 0) is 0 Å². The second-order valence-electron chi connectivity index (χ2n) is 5.18. The number of methoxy groups -OCH3 is 2. The SMILES string of the molecule is COc1ccc(NC(=O)Nc2cc(Cl)c3ccc(OC)cc3n2)cc1. The van der Waals surface area contributed by atoms with E-state index in [-0.39, 0.29) is 0 Å². The Morgan fingerprint density at radius 1 is 0.960 bits per heavy atom. The van der Waals surface area contributed by atoms with Gasteiger partial charge in [0.2, 0.25) is 0 Å². The normalized spacial score (nSPS) is 10.4. The van der Waals surface area contributed by atoms with Crippen molar-refractivity contribution in [2.75, 3.05) is 24.9 Å². The van der Waals surface area contributed by atoms with Crippen LogP contribution in [0.5, 0.6) is 11.5 Å². The Morgan fingerprint density at radius 2 is 1.64 bits per heavy atom. The lowest BCUT2D eigenvalue weighted by Gasteiger charge is -2.10. The predicted octanol–water partition coefficient (Wildman–Crippen LogP) is 4.55. The highest BCUT2D eigenvalue weighted by molar-refractivity contribution is 6.35. The quantitative estimate of drug-likeness (QED) is 0.718. The minimum Gasteiger partial charge on any atom is -0.497 e. The average Bonchev–Trinajstić information content (AvgIpc) is 2.61. The standard InChI is InChI=1S/C18H16ClN3O3/c1-24-12-5-3-11(4-6-12)20-18(23)22-17-10-15(19)14-8-7-13(25-2)9-16(14)21-17/h3-10H,1-2H3,(H2,20,21,22,23). The van der Waals surface area contributed by atoms with E-state index in [2.05, 4.69) is 15.6 Å². The number of rotatable bonds is 4. The molecule has 2 aromatic carbocycles. The van der Waals surface area contributed by atoms with Gasteiger partial charge < -0.3 is 14.8 Å². The number of carbonyl (C=O) groups is 1. The highest BCUT2D eigenvalue weighted by Gasteiger charge is 2.09. The summed E-state index contributed by atoms with van der Waals surface area (Å²) in [6.07, 6.45) is 0. The Morgan fingerprint density at radius 3 is 2.32 bits per heavy atom. The molecule has 0 bridgehead atoms. The second kappa shape index (κ2) is 7.27. The summed E-state index contributed by atoms with van der Waals surface area (Å²) in [6.45, 7) is 0. The molecule has 2 amide bonds. The highest BCUT2D eigenvalue weighted by atomic mass is 35.5. The number of urea groups is 1. The molecule has 0 unspecified atom stereocenters. The van der Waals surface area contributed by atoms with Gasteiger partial charge in [0.1, 0.15) is 17.3 Å². The van der Waals surface area contributed by atoms with Crippen LogP contribution in [0.3, 0.4) is 0 Å². The van der Waals surface area contributed by atoms with E-state index < -0.39 is 6.03 Å².